The van der Waals surface area contributed by atoms with Crippen molar-refractivity contribution in [2.75, 3.05) is 0 Å². The molecule has 0 saturated carbocycles. The summed E-state index contributed by atoms with van der Waals surface area (Å²) in [7, 11) is 0. The summed E-state index contributed by atoms with van der Waals surface area (Å²) in [6.45, 7) is 3.53. The molecular weight excluding hydrogens is 264 g/mol. The molecule has 0 amide bonds. The Morgan fingerprint density at radius 1 is 1.00 bits per heavy atom. The molecule has 104 valence electrons. The lowest BCUT2D eigenvalue weighted by Crippen LogP contribution is -1.91. The van der Waals surface area contributed by atoms with Gasteiger partial charge in [0.05, 0.1) is 6.21 Å². The van der Waals surface area contributed by atoms with Gasteiger partial charge < -0.3 is 9.94 Å². The predicted octanol–water partition coefficient (Wildman–Crippen LogP) is 3.70. The highest BCUT2D eigenvalue weighted by Gasteiger charge is 2.03. The van der Waals surface area contributed by atoms with E-state index >= 15 is 0 Å². The fraction of sp³-hybridized carbons (Fsp3) is 0.133. The zero-order chi connectivity index (χ0) is 14.7. The number of hydrogen-bond donors (Lipinski definition) is 1. The molecule has 0 bridgehead atoms. The topological polar surface area (TPSA) is 41.8 Å². The van der Waals surface area contributed by atoms with Crippen molar-refractivity contribution in [1.82, 2.24) is 0 Å². The van der Waals surface area contributed by atoms with Gasteiger partial charge in [-0.05, 0) is 42.7 Å². The SMILES string of the molecule is Cc1cc(/C=N/Oc2cc(F)cc(F)c2)cc(C)c1O. The summed E-state index contributed by atoms with van der Waals surface area (Å²) >= 11 is 0. The predicted molar refractivity (Wildman–Crippen MR) is 72.2 cm³/mol. The summed E-state index contributed by atoms with van der Waals surface area (Å²) in [5, 5.41) is 13.3. The summed E-state index contributed by atoms with van der Waals surface area (Å²) in [6.07, 6.45) is 1.41. The van der Waals surface area contributed by atoms with Gasteiger partial charge in [0.2, 0.25) is 0 Å². The van der Waals surface area contributed by atoms with E-state index in [9.17, 15) is 13.9 Å². The minimum Gasteiger partial charge on any atom is -0.507 e. The maximum atomic E-state index is 12.9. The second kappa shape index (κ2) is 5.69. The minimum absolute atomic E-state index is 0.0222. The maximum Gasteiger partial charge on any atom is 0.163 e. The van der Waals surface area contributed by atoms with Gasteiger partial charge in [0.1, 0.15) is 17.4 Å². The molecule has 0 aliphatic heterocycles. The third-order valence-electron chi connectivity index (χ3n) is 2.71. The second-order valence-electron chi connectivity index (χ2n) is 4.43. The van der Waals surface area contributed by atoms with Crippen LogP contribution in [0.4, 0.5) is 8.78 Å². The first kappa shape index (κ1) is 14.0. The van der Waals surface area contributed by atoms with Crippen LogP contribution in [0.3, 0.4) is 0 Å². The van der Waals surface area contributed by atoms with Gasteiger partial charge in [-0.1, -0.05) is 5.16 Å². The molecule has 0 aliphatic rings. The van der Waals surface area contributed by atoms with E-state index in [1.165, 1.54) is 6.21 Å². The minimum atomic E-state index is -0.730. The van der Waals surface area contributed by atoms with Crippen LogP contribution < -0.4 is 4.84 Å². The van der Waals surface area contributed by atoms with Crippen LogP contribution in [-0.4, -0.2) is 11.3 Å². The van der Waals surface area contributed by atoms with Crippen molar-refractivity contribution >= 4 is 6.21 Å². The van der Waals surface area contributed by atoms with E-state index in [0.29, 0.717) is 11.1 Å². The zero-order valence-electron chi connectivity index (χ0n) is 11.0. The first-order chi connectivity index (χ1) is 9.45. The molecule has 0 unspecified atom stereocenters. The largest absolute Gasteiger partial charge is 0.507 e. The van der Waals surface area contributed by atoms with E-state index in [1.807, 2.05) is 0 Å². The van der Waals surface area contributed by atoms with Gasteiger partial charge >= 0.3 is 0 Å². The molecule has 0 heterocycles. The maximum absolute atomic E-state index is 12.9. The average Bonchev–Trinajstić information content (AvgIpc) is 2.34. The normalized spacial score (nSPS) is 11.0. The van der Waals surface area contributed by atoms with E-state index < -0.39 is 11.6 Å². The molecule has 0 fully saturated rings. The highest BCUT2D eigenvalue weighted by molar-refractivity contribution is 5.80. The Morgan fingerprint density at radius 2 is 1.55 bits per heavy atom. The molecule has 0 radical (unpaired) electrons. The van der Waals surface area contributed by atoms with E-state index in [0.717, 1.165) is 23.8 Å². The molecule has 2 aromatic carbocycles. The number of rotatable bonds is 3. The molecule has 0 spiro atoms. The smallest absolute Gasteiger partial charge is 0.163 e. The van der Waals surface area contributed by atoms with Crippen molar-refractivity contribution in [3.63, 3.8) is 0 Å². The van der Waals surface area contributed by atoms with Gasteiger partial charge in [0.15, 0.2) is 5.75 Å². The van der Waals surface area contributed by atoms with Gasteiger partial charge in [-0.15, -0.1) is 0 Å². The molecule has 2 aromatic rings. The van der Waals surface area contributed by atoms with Crippen LogP contribution in [0.1, 0.15) is 16.7 Å². The Labute approximate surface area is 115 Å². The second-order valence-corrected chi connectivity index (χ2v) is 4.43. The summed E-state index contributed by atoms with van der Waals surface area (Å²) in [4.78, 5) is 4.91. The van der Waals surface area contributed by atoms with E-state index in [-0.39, 0.29) is 11.5 Å². The molecule has 0 aromatic heterocycles. The highest BCUT2D eigenvalue weighted by atomic mass is 19.1. The lowest BCUT2D eigenvalue weighted by molar-refractivity contribution is 0.339. The van der Waals surface area contributed by atoms with E-state index in [1.54, 1.807) is 26.0 Å². The van der Waals surface area contributed by atoms with Crippen LogP contribution >= 0.6 is 0 Å². The summed E-state index contributed by atoms with van der Waals surface area (Å²) in [5.74, 6) is -1.25. The van der Waals surface area contributed by atoms with Crippen molar-refractivity contribution in [1.29, 1.82) is 0 Å². The first-order valence-corrected chi connectivity index (χ1v) is 5.92. The van der Waals surface area contributed by atoms with Crippen molar-refractivity contribution in [3.05, 3.63) is 58.7 Å². The highest BCUT2D eigenvalue weighted by Crippen LogP contribution is 2.22. The third-order valence-corrected chi connectivity index (χ3v) is 2.71. The summed E-state index contributed by atoms with van der Waals surface area (Å²) in [5.41, 5.74) is 2.14. The fourth-order valence-electron chi connectivity index (χ4n) is 1.79. The molecule has 0 atom stereocenters. The van der Waals surface area contributed by atoms with Crippen LogP contribution in [0.5, 0.6) is 11.5 Å². The fourth-order valence-corrected chi connectivity index (χ4v) is 1.79. The van der Waals surface area contributed by atoms with Crippen molar-refractivity contribution in [2.45, 2.75) is 13.8 Å². The molecule has 5 heteroatoms. The molecule has 3 nitrogen and oxygen atoms in total. The van der Waals surface area contributed by atoms with Gasteiger partial charge in [0.25, 0.3) is 0 Å². The lowest BCUT2D eigenvalue weighted by Gasteiger charge is -2.04. The number of nitrogens with zero attached hydrogens (tertiary/aromatic N) is 1. The number of phenolic OH excluding ortho intramolecular Hbond substituents is 1. The van der Waals surface area contributed by atoms with Crippen LogP contribution in [-0.2, 0) is 0 Å². The van der Waals surface area contributed by atoms with Crippen LogP contribution in [0.25, 0.3) is 0 Å². The van der Waals surface area contributed by atoms with Crippen LogP contribution in [0.2, 0.25) is 0 Å². The van der Waals surface area contributed by atoms with Gasteiger partial charge in [0, 0.05) is 18.2 Å². The Bertz CT molecular complexity index is 626. The number of benzene rings is 2. The van der Waals surface area contributed by atoms with E-state index in [4.69, 9.17) is 4.84 Å². The van der Waals surface area contributed by atoms with E-state index in [2.05, 4.69) is 5.16 Å². The quantitative estimate of drug-likeness (QED) is 0.686. The van der Waals surface area contributed by atoms with Crippen molar-refractivity contribution in [2.24, 2.45) is 5.16 Å². The Kier molecular flexibility index (Phi) is 3.98. The van der Waals surface area contributed by atoms with Gasteiger partial charge in [-0.3, -0.25) is 0 Å². The Morgan fingerprint density at radius 3 is 2.10 bits per heavy atom. The number of halogens is 2. The average molecular weight is 277 g/mol. The monoisotopic (exact) mass is 277 g/mol. The molecule has 0 aliphatic carbocycles. The molecule has 1 N–H and O–H groups in total. The Balaban J connectivity index is 2.14. The van der Waals surface area contributed by atoms with Gasteiger partial charge in [-0.2, -0.15) is 0 Å². The first-order valence-electron chi connectivity index (χ1n) is 5.92. The zero-order valence-corrected chi connectivity index (χ0v) is 11.0. The van der Waals surface area contributed by atoms with Gasteiger partial charge in [-0.25, -0.2) is 8.78 Å². The third kappa shape index (κ3) is 3.32. The Hall–Kier alpha value is -2.43. The number of oxime groups is 1. The number of aryl methyl sites for hydroxylation is 2. The molecular formula is C15H13F2NO2. The number of hydrogen-bond acceptors (Lipinski definition) is 3. The van der Waals surface area contributed by atoms with Crippen LogP contribution in [0, 0.1) is 25.5 Å². The lowest BCUT2D eigenvalue weighted by atomic mass is 10.1. The molecule has 2 rings (SSSR count). The summed E-state index contributed by atoms with van der Waals surface area (Å²) < 4.78 is 25.9. The number of aromatic hydroxyl groups is 1. The van der Waals surface area contributed by atoms with Crippen molar-refractivity contribution in [3.8, 4) is 11.5 Å². The molecule has 0 saturated heterocycles. The van der Waals surface area contributed by atoms with Crippen LogP contribution in [0.15, 0.2) is 35.5 Å². The van der Waals surface area contributed by atoms with Crippen molar-refractivity contribution < 1.29 is 18.7 Å². The standard InChI is InChI=1S/C15H13F2NO2/c1-9-3-11(4-10(2)15(9)19)8-18-20-14-6-12(16)5-13(17)7-14/h3-8,19H,1-2H3/b18-8+. The summed E-state index contributed by atoms with van der Waals surface area (Å²) in [6, 6.07) is 6.27. The number of phenols is 1. The molecule has 20 heavy (non-hydrogen) atoms.